The first-order chi connectivity index (χ1) is 9.72. The fourth-order valence-corrected chi connectivity index (χ4v) is 2.49. The first-order valence-electron chi connectivity index (χ1n) is 6.81. The van der Waals surface area contributed by atoms with Crippen LogP contribution >= 0.6 is 11.3 Å². The lowest BCUT2D eigenvalue weighted by molar-refractivity contribution is -0.119. The first kappa shape index (κ1) is 17.2. The van der Waals surface area contributed by atoms with Crippen LogP contribution in [0.3, 0.4) is 0 Å². The van der Waals surface area contributed by atoms with E-state index in [1.807, 2.05) is 13.8 Å². The molecule has 7 nitrogen and oxygen atoms in total. The van der Waals surface area contributed by atoms with Crippen molar-refractivity contribution in [3.63, 3.8) is 0 Å². The number of primary amides is 1. The maximum Gasteiger partial charge on any atom is 0.268 e. The van der Waals surface area contributed by atoms with Gasteiger partial charge in [0.05, 0.1) is 6.54 Å². The molecule has 0 saturated carbocycles. The molecular weight excluding hydrogens is 290 g/mol. The van der Waals surface area contributed by atoms with Gasteiger partial charge in [0.15, 0.2) is 5.13 Å². The molecule has 0 aliphatic rings. The number of amides is 2. The number of aromatic nitrogens is 1. The van der Waals surface area contributed by atoms with Crippen LogP contribution in [0.1, 0.15) is 37.4 Å². The number of nitrogens with one attached hydrogen (secondary N) is 1. The van der Waals surface area contributed by atoms with Gasteiger partial charge in [-0.2, -0.15) is 0 Å². The van der Waals surface area contributed by atoms with Gasteiger partial charge in [0.1, 0.15) is 10.7 Å². The second-order valence-corrected chi connectivity index (χ2v) is 6.50. The number of hydrogen-bond donors (Lipinski definition) is 3. The molecule has 118 valence electrons. The van der Waals surface area contributed by atoms with E-state index in [4.69, 9.17) is 11.5 Å². The predicted octanol–water partition coefficient (Wildman–Crippen LogP) is 1.13. The number of rotatable bonds is 7. The van der Waals surface area contributed by atoms with E-state index in [2.05, 4.69) is 24.1 Å². The third kappa shape index (κ3) is 4.89. The second kappa shape index (κ2) is 7.26. The number of carbonyl (C=O) groups is 2. The Morgan fingerprint density at radius 2 is 1.95 bits per heavy atom. The highest BCUT2D eigenvalue weighted by Gasteiger charge is 2.25. The molecule has 2 amide bonds. The molecule has 0 fully saturated rings. The van der Waals surface area contributed by atoms with Gasteiger partial charge in [-0.3, -0.25) is 9.59 Å². The Kier molecular flexibility index (Phi) is 5.95. The number of nitrogen functional groups attached to an aromatic ring is 1. The Hall–Kier alpha value is -1.83. The third-order valence-corrected chi connectivity index (χ3v) is 3.74. The number of carbonyl (C=O) groups excluding carboxylic acids is 2. The van der Waals surface area contributed by atoms with E-state index in [9.17, 15) is 9.59 Å². The largest absolute Gasteiger partial charge is 0.382 e. The molecule has 0 unspecified atom stereocenters. The van der Waals surface area contributed by atoms with Gasteiger partial charge in [-0.05, 0) is 19.8 Å². The number of nitrogens with zero attached hydrogens (tertiary/aromatic N) is 2. The standard InChI is InChI=1S/C13H23N5O2S/c1-7(2)5-16-13-17-11(15)10(21-13)12(20)18(8(3)4)6-9(14)19/h7-8H,5-6,15H2,1-4H3,(H2,14,19)(H,16,17). The highest BCUT2D eigenvalue weighted by molar-refractivity contribution is 7.18. The molecule has 5 N–H and O–H groups in total. The lowest BCUT2D eigenvalue weighted by Gasteiger charge is -2.24. The van der Waals surface area contributed by atoms with E-state index in [0.29, 0.717) is 15.9 Å². The summed E-state index contributed by atoms with van der Waals surface area (Å²) in [6, 6.07) is -0.154. The van der Waals surface area contributed by atoms with Crippen molar-refractivity contribution in [3.8, 4) is 0 Å². The van der Waals surface area contributed by atoms with E-state index >= 15 is 0 Å². The molecule has 8 heteroatoms. The summed E-state index contributed by atoms with van der Waals surface area (Å²) in [5.41, 5.74) is 11.0. The summed E-state index contributed by atoms with van der Waals surface area (Å²) in [6.07, 6.45) is 0. The number of thiazole rings is 1. The summed E-state index contributed by atoms with van der Waals surface area (Å²) >= 11 is 1.19. The molecule has 0 aromatic carbocycles. The second-order valence-electron chi connectivity index (χ2n) is 5.50. The molecule has 1 rings (SSSR count). The minimum atomic E-state index is -0.557. The SMILES string of the molecule is CC(C)CNc1nc(N)c(C(=O)N(CC(N)=O)C(C)C)s1. The average molecular weight is 313 g/mol. The lowest BCUT2D eigenvalue weighted by atomic mass is 10.2. The van der Waals surface area contributed by atoms with Crippen molar-refractivity contribution in [1.29, 1.82) is 0 Å². The van der Waals surface area contributed by atoms with Crippen molar-refractivity contribution in [2.45, 2.75) is 33.7 Å². The van der Waals surface area contributed by atoms with Crippen molar-refractivity contribution in [3.05, 3.63) is 4.88 Å². The average Bonchev–Trinajstić information content (AvgIpc) is 2.73. The lowest BCUT2D eigenvalue weighted by Crippen LogP contribution is -2.42. The molecule has 0 atom stereocenters. The first-order valence-corrected chi connectivity index (χ1v) is 7.63. The van der Waals surface area contributed by atoms with Gasteiger partial charge in [0.25, 0.3) is 5.91 Å². The van der Waals surface area contributed by atoms with E-state index in [1.165, 1.54) is 16.2 Å². The van der Waals surface area contributed by atoms with Crippen molar-refractivity contribution >= 4 is 34.1 Å². The minimum Gasteiger partial charge on any atom is -0.382 e. The van der Waals surface area contributed by atoms with Crippen LogP contribution in [0.5, 0.6) is 0 Å². The van der Waals surface area contributed by atoms with Crippen LogP contribution in [0.15, 0.2) is 0 Å². The third-order valence-electron chi connectivity index (χ3n) is 2.72. The van der Waals surface area contributed by atoms with Crippen molar-refractivity contribution in [1.82, 2.24) is 9.88 Å². The van der Waals surface area contributed by atoms with Gasteiger partial charge in [-0.15, -0.1) is 0 Å². The quantitative estimate of drug-likeness (QED) is 0.698. The smallest absolute Gasteiger partial charge is 0.268 e. The summed E-state index contributed by atoms with van der Waals surface area (Å²) in [5.74, 6) is -0.252. The van der Waals surface area contributed by atoms with Gasteiger partial charge >= 0.3 is 0 Å². The molecule has 1 heterocycles. The molecular formula is C13H23N5O2S. The van der Waals surface area contributed by atoms with Crippen molar-refractivity contribution in [2.75, 3.05) is 24.1 Å². The zero-order valence-corrected chi connectivity index (χ0v) is 13.7. The van der Waals surface area contributed by atoms with Gasteiger partial charge in [-0.25, -0.2) is 4.98 Å². The Bertz CT molecular complexity index is 513. The van der Waals surface area contributed by atoms with Crippen LogP contribution in [0.2, 0.25) is 0 Å². The van der Waals surface area contributed by atoms with Gasteiger partial charge < -0.3 is 21.7 Å². The molecule has 0 radical (unpaired) electrons. The Labute approximate surface area is 128 Å². The van der Waals surface area contributed by atoms with Crippen LogP contribution < -0.4 is 16.8 Å². The minimum absolute atomic E-state index is 0.136. The molecule has 0 spiro atoms. The molecule has 21 heavy (non-hydrogen) atoms. The number of anilines is 2. The number of nitrogens with two attached hydrogens (primary N) is 2. The molecule has 1 aromatic rings. The van der Waals surface area contributed by atoms with Gasteiger partial charge in [0.2, 0.25) is 5.91 Å². The van der Waals surface area contributed by atoms with Gasteiger partial charge in [0, 0.05) is 12.6 Å². The van der Waals surface area contributed by atoms with E-state index in [1.54, 1.807) is 0 Å². The highest BCUT2D eigenvalue weighted by atomic mass is 32.1. The van der Waals surface area contributed by atoms with Crippen LogP contribution in [0, 0.1) is 5.92 Å². The zero-order valence-electron chi connectivity index (χ0n) is 12.8. The van der Waals surface area contributed by atoms with Crippen molar-refractivity contribution in [2.24, 2.45) is 11.7 Å². The normalized spacial score (nSPS) is 11.0. The van der Waals surface area contributed by atoms with E-state index in [-0.39, 0.29) is 24.3 Å². The zero-order chi connectivity index (χ0) is 16.2. The Balaban J connectivity index is 2.92. The topological polar surface area (TPSA) is 114 Å². The Morgan fingerprint density at radius 1 is 1.33 bits per heavy atom. The predicted molar refractivity (Wildman–Crippen MR) is 85.2 cm³/mol. The highest BCUT2D eigenvalue weighted by Crippen LogP contribution is 2.27. The summed E-state index contributed by atoms with van der Waals surface area (Å²) in [5, 5.41) is 3.74. The fourth-order valence-electron chi connectivity index (χ4n) is 1.64. The fraction of sp³-hybridized carbons (Fsp3) is 0.615. The Morgan fingerprint density at radius 3 is 2.43 bits per heavy atom. The molecule has 1 aromatic heterocycles. The maximum absolute atomic E-state index is 12.5. The van der Waals surface area contributed by atoms with Crippen molar-refractivity contribution < 1.29 is 9.59 Å². The van der Waals surface area contributed by atoms with Crippen LogP contribution in [-0.4, -0.2) is 40.8 Å². The van der Waals surface area contributed by atoms with E-state index in [0.717, 1.165) is 6.54 Å². The van der Waals surface area contributed by atoms with E-state index < -0.39 is 5.91 Å². The summed E-state index contributed by atoms with van der Waals surface area (Å²) in [6.45, 7) is 8.39. The maximum atomic E-state index is 12.5. The number of hydrogen-bond acceptors (Lipinski definition) is 6. The van der Waals surface area contributed by atoms with Crippen LogP contribution in [0.4, 0.5) is 10.9 Å². The molecule has 0 bridgehead atoms. The summed E-state index contributed by atoms with van der Waals surface area (Å²) < 4.78 is 0. The van der Waals surface area contributed by atoms with Crippen LogP contribution in [0.25, 0.3) is 0 Å². The molecule has 0 aliphatic carbocycles. The molecule has 0 aliphatic heterocycles. The summed E-state index contributed by atoms with van der Waals surface area (Å²) in [4.78, 5) is 29.4. The molecule has 0 saturated heterocycles. The monoisotopic (exact) mass is 313 g/mol. The van der Waals surface area contributed by atoms with Gasteiger partial charge in [-0.1, -0.05) is 25.2 Å². The summed E-state index contributed by atoms with van der Waals surface area (Å²) in [7, 11) is 0. The van der Waals surface area contributed by atoms with Crippen LogP contribution in [-0.2, 0) is 4.79 Å².